The Labute approximate surface area is 232 Å². The fourth-order valence-corrected chi connectivity index (χ4v) is 6.57. The van der Waals surface area contributed by atoms with Gasteiger partial charge in [-0.15, -0.1) is 0 Å². The van der Waals surface area contributed by atoms with Crippen molar-refractivity contribution < 1.29 is 12.1 Å². The highest BCUT2D eigenvalue weighted by molar-refractivity contribution is 6.03. The van der Waals surface area contributed by atoms with Crippen LogP contribution in [-0.4, -0.2) is 30.5 Å². The van der Waals surface area contributed by atoms with Crippen LogP contribution in [0.2, 0.25) is 0 Å². The highest BCUT2D eigenvalue weighted by atomic mass is 16.5. The molecular weight excluding hydrogens is 464 g/mol. The molecule has 3 nitrogen and oxygen atoms in total. The number of para-hydroxylation sites is 2. The van der Waals surface area contributed by atoms with Crippen molar-refractivity contribution in [1.29, 1.82) is 0 Å². The molecule has 0 unspecified atom stereocenters. The third-order valence-electron chi connectivity index (χ3n) is 8.54. The van der Waals surface area contributed by atoms with Crippen LogP contribution < -0.4 is 4.90 Å². The molecule has 2 heterocycles. The van der Waals surface area contributed by atoms with Crippen LogP contribution in [-0.2, 0) is 15.6 Å². The predicted molar refractivity (Wildman–Crippen MR) is 161 cm³/mol. The maximum Gasteiger partial charge on any atom is 0.209 e. The number of benzene rings is 2. The van der Waals surface area contributed by atoms with Gasteiger partial charge in [0.2, 0.25) is 5.69 Å². The van der Waals surface area contributed by atoms with Gasteiger partial charge < -0.3 is 9.64 Å². The Morgan fingerprint density at radius 2 is 1.68 bits per heavy atom. The highest BCUT2D eigenvalue weighted by Gasteiger charge is 2.43. The lowest BCUT2D eigenvalue weighted by molar-refractivity contribution is -0.433. The molecule has 1 aliphatic carbocycles. The van der Waals surface area contributed by atoms with Gasteiger partial charge in [-0.05, 0) is 81.9 Å². The second-order valence-corrected chi connectivity index (χ2v) is 11.5. The van der Waals surface area contributed by atoms with Gasteiger partial charge in [0.15, 0.2) is 5.71 Å². The summed E-state index contributed by atoms with van der Waals surface area (Å²) < 4.78 is 26.9. The van der Waals surface area contributed by atoms with Crippen molar-refractivity contribution in [1.82, 2.24) is 0 Å². The number of ether oxygens (including phenoxy) is 1. The first-order valence-corrected chi connectivity index (χ1v) is 14.1. The summed E-state index contributed by atoms with van der Waals surface area (Å²) in [4.78, 5) is 2.28. The second kappa shape index (κ2) is 10.1. The molecule has 0 fully saturated rings. The van der Waals surface area contributed by atoms with Crippen LogP contribution in [0.1, 0.15) is 74.7 Å². The lowest BCUT2D eigenvalue weighted by Gasteiger charge is -2.26. The molecular formula is C35H43N2O+. The normalized spacial score (nSPS) is 23.4. The van der Waals surface area contributed by atoms with Gasteiger partial charge in [-0.1, -0.05) is 56.3 Å². The zero-order chi connectivity index (χ0) is 28.8. The van der Waals surface area contributed by atoms with Crippen molar-refractivity contribution in [2.24, 2.45) is 0 Å². The van der Waals surface area contributed by atoms with E-state index in [1.807, 2.05) is 12.2 Å². The van der Waals surface area contributed by atoms with Gasteiger partial charge in [-0.2, -0.15) is 4.58 Å². The number of hydrogen-bond acceptors (Lipinski definition) is 2. The maximum absolute atomic E-state index is 9.28. The Morgan fingerprint density at radius 3 is 2.39 bits per heavy atom. The first-order valence-electron chi connectivity index (χ1n) is 15.1. The molecule has 198 valence electrons. The summed E-state index contributed by atoms with van der Waals surface area (Å²) >= 11 is 0. The first-order chi connectivity index (χ1) is 19.1. The molecule has 0 aromatic heterocycles. The van der Waals surface area contributed by atoms with Gasteiger partial charge in [0.05, 0.1) is 15.3 Å². The van der Waals surface area contributed by atoms with Crippen molar-refractivity contribution in [2.75, 3.05) is 25.1 Å². The summed E-state index contributed by atoms with van der Waals surface area (Å²) in [6.07, 6.45) is 6.72. The fourth-order valence-electron chi connectivity index (χ4n) is 6.57. The summed E-state index contributed by atoms with van der Waals surface area (Å²) in [5.74, 6) is 0.815. The minimum Gasteiger partial charge on any atom is -0.496 e. The van der Waals surface area contributed by atoms with E-state index >= 15 is 0 Å². The molecule has 3 aliphatic rings. The van der Waals surface area contributed by atoms with Crippen molar-refractivity contribution in [3.8, 4) is 0 Å². The molecule has 0 spiro atoms. The molecule has 0 radical (unpaired) electrons. The van der Waals surface area contributed by atoms with Crippen molar-refractivity contribution in [2.45, 2.75) is 71.6 Å². The predicted octanol–water partition coefficient (Wildman–Crippen LogP) is 8.35. The zero-order valence-electron chi connectivity index (χ0n) is 26.1. The van der Waals surface area contributed by atoms with Gasteiger partial charge in [0.25, 0.3) is 0 Å². The Kier molecular flexibility index (Phi) is 6.31. The molecule has 0 saturated carbocycles. The third kappa shape index (κ3) is 4.17. The van der Waals surface area contributed by atoms with Crippen LogP contribution in [0.25, 0.3) is 0 Å². The topological polar surface area (TPSA) is 15.5 Å². The molecule has 0 atom stereocenters. The van der Waals surface area contributed by atoms with E-state index in [-0.39, 0.29) is 10.8 Å². The van der Waals surface area contributed by atoms with E-state index in [1.165, 1.54) is 22.5 Å². The minimum atomic E-state index is -0.257. The fraction of sp³-hybridized carbons (Fsp3) is 0.400. The quantitative estimate of drug-likeness (QED) is 0.364. The van der Waals surface area contributed by atoms with E-state index in [1.54, 1.807) is 7.11 Å². The monoisotopic (exact) mass is 509 g/mol. The van der Waals surface area contributed by atoms with E-state index in [0.29, 0.717) is 12.1 Å². The Morgan fingerprint density at radius 1 is 0.974 bits per heavy atom. The lowest BCUT2D eigenvalue weighted by Crippen LogP contribution is -2.27. The van der Waals surface area contributed by atoms with Gasteiger partial charge >= 0.3 is 0 Å². The standard InChI is InChI=1S/C35H43N2O/c1-8-36-29-19-12-10-17-27(29)34(3,4)31(36)23-21-25-15-14-16-26(33(25)38-7)22-24-32-35(5,6)28-18-11-13-20-30(28)37(32)9-2/h10-13,17-24H,8-9,14-16H2,1-7H3/q+1/i23D,24D. The average Bonchev–Trinajstić information content (AvgIpc) is 3.32. The van der Waals surface area contributed by atoms with Crippen LogP contribution >= 0.6 is 0 Å². The van der Waals surface area contributed by atoms with E-state index in [0.717, 1.165) is 60.7 Å². The van der Waals surface area contributed by atoms with Crippen LogP contribution in [0.4, 0.5) is 11.4 Å². The van der Waals surface area contributed by atoms with E-state index in [9.17, 15) is 2.74 Å². The molecule has 2 aromatic carbocycles. The van der Waals surface area contributed by atoms with Crippen molar-refractivity contribution in [3.63, 3.8) is 0 Å². The maximum atomic E-state index is 9.28. The van der Waals surface area contributed by atoms with Gasteiger partial charge in [0.1, 0.15) is 12.3 Å². The van der Waals surface area contributed by atoms with Gasteiger partial charge in [-0.3, -0.25) is 0 Å². The van der Waals surface area contributed by atoms with E-state index in [4.69, 9.17) is 4.74 Å². The molecule has 5 rings (SSSR count). The largest absolute Gasteiger partial charge is 0.496 e. The van der Waals surface area contributed by atoms with Crippen LogP contribution in [0.5, 0.6) is 0 Å². The SMILES string of the molecule is [2H]/C(=C\C1=C(OC)C(=C/C([2H])=C2/N(CC)c3ccccc3C2(C)C)/CCC1)C1=[N+](CC)c2ccccc2C1(C)C. The molecule has 2 aromatic rings. The number of fused-ring (bicyclic) bond motifs is 2. The number of likely N-dealkylation sites (N-methyl/N-ethyl adjacent to an activating group) is 1. The lowest BCUT2D eigenvalue weighted by atomic mass is 9.81. The van der Waals surface area contributed by atoms with Crippen molar-refractivity contribution >= 4 is 17.1 Å². The average molecular weight is 510 g/mol. The minimum absolute atomic E-state index is 0.257. The molecule has 0 saturated heterocycles. The summed E-state index contributed by atoms with van der Waals surface area (Å²) in [6.45, 7) is 14.8. The Bertz CT molecular complexity index is 1500. The summed E-state index contributed by atoms with van der Waals surface area (Å²) in [5.41, 5.74) is 8.55. The highest BCUT2D eigenvalue weighted by Crippen LogP contribution is 2.47. The molecule has 38 heavy (non-hydrogen) atoms. The number of methoxy groups -OCH3 is 1. The zero-order valence-corrected chi connectivity index (χ0v) is 24.1. The number of hydrogen-bond donors (Lipinski definition) is 0. The molecule has 2 aliphatic heterocycles. The van der Waals surface area contributed by atoms with Crippen LogP contribution in [0, 0.1) is 0 Å². The summed E-state index contributed by atoms with van der Waals surface area (Å²) in [7, 11) is 1.72. The summed E-state index contributed by atoms with van der Waals surface area (Å²) in [6, 6.07) is 18.1. The van der Waals surface area contributed by atoms with E-state index in [2.05, 4.69) is 99.5 Å². The Hall–Kier alpha value is -3.33. The molecule has 0 N–H and O–H groups in total. The van der Waals surface area contributed by atoms with Crippen LogP contribution in [0.3, 0.4) is 0 Å². The number of rotatable bonds is 6. The second-order valence-electron chi connectivity index (χ2n) is 11.5. The van der Waals surface area contributed by atoms with Crippen LogP contribution in [0.15, 0.2) is 95.4 Å². The number of nitrogens with zero attached hydrogens (tertiary/aromatic N) is 2. The van der Waals surface area contributed by atoms with Gasteiger partial charge in [0, 0.05) is 41.0 Å². The van der Waals surface area contributed by atoms with Crippen molar-refractivity contribution in [3.05, 3.63) is 107 Å². The van der Waals surface area contributed by atoms with E-state index < -0.39 is 0 Å². The smallest absolute Gasteiger partial charge is 0.209 e. The molecule has 3 heteroatoms. The number of allylic oxidation sites excluding steroid dienone is 7. The summed E-state index contributed by atoms with van der Waals surface area (Å²) in [5, 5.41) is 0. The van der Waals surface area contributed by atoms with Gasteiger partial charge in [-0.25, -0.2) is 0 Å². The third-order valence-corrected chi connectivity index (χ3v) is 8.54. The first kappa shape index (κ1) is 23.8. The Balaban J connectivity index is 1.59. The number of anilines is 1. The molecule has 0 bridgehead atoms. The molecule has 0 amide bonds.